The normalized spacial score (nSPS) is 19.2. The van der Waals surface area contributed by atoms with Crippen LogP contribution in [-0.2, 0) is 11.2 Å². The minimum atomic E-state index is 0.110. The number of amides is 1. The smallest absolute Gasteiger partial charge is 0.226 e. The Morgan fingerprint density at radius 2 is 2.30 bits per heavy atom. The van der Waals surface area contributed by atoms with Crippen LogP contribution in [0.3, 0.4) is 0 Å². The molecule has 0 aliphatic carbocycles. The highest BCUT2D eigenvalue weighted by Crippen LogP contribution is 2.18. The van der Waals surface area contributed by atoms with Crippen LogP contribution in [0.2, 0.25) is 0 Å². The number of carbonyl (C=O) groups is 1. The molecule has 0 saturated carbocycles. The van der Waals surface area contributed by atoms with Crippen LogP contribution >= 0.6 is 0 Å². The molecule has 0 radical (unpaired) electrons. The zero-order valence-corrected chi connectivity index (χ0v) is 12.4. The van der Waals surface area contributed by atoms with E-state index in [0.29, 0.717) is 12.5 Å². The summed E-state index contributed by atoms with van der Waals surface area (Å²) >= 11 is 0. The maximum absolute atomic E-state index is 12.2. The summed E-state index contributed by atoms with van der Waals surface area (Å²) in [5, 5.41) is 9.43. The Balaban J connectivity index is 1.89. The number of likely N-dealkylation sites (N-methyl/N-ethyl adjacent to an activating group) is 2. The van der Waals surface area contributed by atoms with Gasteiger partial charge in [0.2, 0.25) is 5.91 Å². The van der Waals surface area contributed by atoms with E-state index in [2.05, 4.69) is 11.8 Å². The van der Waals surface area contributed by atoms with Gasteiger partial charge >= 0.3 is 0 Å². The quantitative estimate of drug-likeness (QED) is 0.893. The molecule has 0 aromatic heterocycles. The molecule has 1 N–H and O–H groups in total. The number of benzene rings is 1. The van der Waals surface area contributed by atoms with E-state index in [4.69, 9.17) is 0 Å². The second-order valence-electron chi connectivity index (χ2n) is 5.55. The van der Waals surface area contributed by atoms with Gasteiger partial charge in [0.1, 0.15) is 5.75 Å². The SMILES string of the molecule is CCN1CCCC1CN(C)C(=O)Cc1cccc(O)c1. The van der Waals surface area contributed by atoms with Crippen molar-refractivity contribution in [2.45, 2.75) is 32.2 Å². The number of aromatic hydroxyl groups is 1. The van der Waals surface area contributed by atoms with Crippen molar-refractivity contribution in [1.29, 1.82) is 0 Å². The fraction of sp³-hybridized carbons (Fsp3) is 0.562. The van der Waals surface area contributed by atoms with Crippen LogP contribution in [0.15, 0.2) is 24.3 Å². The number of likely N-dealkylation sites (tertiary alicyclic amines) is 1. The van der Waals surface area contributed by atoms with Crippen LogP contribution in [0.4, 0.5) is 0 Å². The van der Waals surface area contributed by atoms with E-state index in [1.54, 1.807) is 18.2 Å². The topological polar surface area (TPSA) is 43.8 Å². The Labute approximate surface area is 121 Å². The molecule has 110 valence electrons. The van der Waals surface area contributed by atoms with E-state index in [9.17, 15) is 9.90 Å². The summed E-state index contributed by atoms with van der Waals surface area (Å²) in [6.07, 6.45) is 2.76. The molecule has 0 spiro atoms. The molecule has 1 saturated heterocycles. The number of rotatable bonds is 5. The van der Waals surface area contributed by atoms with E-state index in [-0.39, 0.29) is 11.7 Å². The molecule has 1 aromatic rings. The van der Waals surface area contributed by atoms with Crippen molar-refractivity contribution < 1.29 is 9.90 Å². The number of nitrogens with zero attached hydrogens (tertiary/aromatic N) is 2. The van der Waals surface area contributed by atoms with Crippen LogP contribution in [0.5, 0.6) is 5.75 Å². The van der Waals surface area contributed by atoms with Crippen LogP contribution in [-0.4, -0.2) is 53.5 Å². The molecule has 2 rings (SSSR count). The Hall–Kier alpha value is -1.55. The van der Waals surface area contributed by atoms with Gasteiger partial charge in [0, 0.05) is 19.6 Å². The molecule has 1 atom stereocenters. The maximum Gasteiger partial charge on any atom is 0.226 e. The Bertz CT molecular complexity index is 462. The van der Waals surface area contributed by atoms with E-state index in [1.165, 1.54) is 12.8 Å². The van der Waals surface area contributed by atoms with Gasteiger partial charge in [-0.2, -0.15) is 0 Å². The average molecular weight is 276 g/mol. The first-order valence-corrected chi connectivity index (χ1v) is 7.36. The minimum absolute atomic E-state index is 0.110. The molecule has 0 bridgehead atoms. The van der Waals surface area contributed by atoms with E-state index >= 15 is 0 Å². The van der Waals surface area contributed by atoms with Gasteiger partial charge in [-0.05, 0) is 43.6 Å². The second kappa shape index (κ2) is 6.75. The second-order valence-corrected chi connectivity index (χ2v) is 5.55. The summed E-state index contributed by atoms with van der Waals surface area (Å²) in [5.74, 6) is 0.324. The highest BCUT2D eigenvalue weighted by Gasteiger charge is 2.25. The van der Waals surface area contributed by atoms with E-state index in [1.807, 2.05) is 18.0 Å². The lowest BCUT2D eigenvalue weighted by molar-refractivity contribution is -0.129. The number of hydrogen-bond acceptors (Lipinski definition) is 3. The lowest BCUT2D eigenvalue weighted by Gasteiger charge is -2.27. The Morgan fingerprint density at radius 3 is 3.00 bits per heavy atom. The molecule has 1 aromatic carbocycles. The van der Waals surface area contributed by atoms with Gasteiger partial charge in [-0.1, -0.05) is 19.1 Å². The summed E-state index contributed by atoms with van der Waals surface area (Å²) in [6.45, 7) is 5.17. The zero-order chi connectivity index (χ0) is 14.5. The Kier molecular flexibility index (Phi) is 5.01. The predicted octanol–water partition coefficient (Wildman–Crippen LogP) is 1.88. The number of carbonyl (C=O) groups excluding carboxylic acids is 1. The van der Waals surface area contributed by atoms with Gasteiger partial charge in [-0.3, -0.25) is 9.69 Å². The lowest BCUT2D eigenvalue weighted by atomic mass is 10.1. The average Bonchev–Trinajstić information content (AvgIpc) is 2.85. The third kappa shape index (κ3) is 3.73. The van der Waals surface area contributed by atoms with E-state index in [0.717, 1.165) is 25.2 Å². The van der Waals surface area contributed by atoms with Crippen LogP contribution in [0.1, 0.15) is 25.3 Å². The summed E-state index contributed by atoms with van der Waals surface area (Å²) in [4.78, 5) is 16.5. The van der Waals surface area contributed by atoms with Crippen molar-refractivity contribution in [2.24, 2.45) is 0 Å². The third-order valence-electron chi connectivity index (χ3n) is 4.08. The highest BCUT2D eigenvalue weighted by molar-refractivity contribution is 5.78. The molecule has 20 heavy (non-hydrogen) atoms. The third-order valence-corrected chi connectivity index (χ3v) is 4.08. The van der Waals surface area contributed by atoms with Crippen molar-refractivity contribution in [3.8, 4) is 5.75 Å². The van der Waals surface area contributed by atoms with Gasteiger partial charge in [0.15, 0.2) is 0 Å². The first-order valence-electron chi connectivity index (χ1n) is 7.36. The van der Waals surface area contributed by atoms with Gasteiger partial charge in [-0.25, -0.2) is 0 Å². The highest BCUT2D eigenvalue weighted by atomic mass is 16.3. The molecular formula is C16H24N2O2. The van der Waals surface area contributed by atoms with Crippen LogP contribution < -0.4 is 0 Å². The zero-order valence-electron chi connectivity index (χ0n) is 12.4. The fourth-order valence-corrected chi connectivity index (χ4v) is 2.91. The molecule has 4 heteroatoms. The molecule has 1 amide bonds. The fourth-order valence-electron chi connectivity index (χ4n) is 2.91. The van der Waals surface area contributed by atoms with Crippen molar-refractivity contribution in [3.63, 3.8) is 0 Å². The van der Waals surface area contributed by atoms with Gasteiger partial charge < -0.3 is 10.0 Å². The molecular weight excluding hydrogens is 252 g/mol. The first kappa shape index (κ1) is 14.9. The van der Waals surface area contributed by atoms with Crippen LogP contribution in [0, 0.1) is 0 Å². The van der Waals surface area contributed by atoms with Gasteiger partial charge in [0.05, 0.1) is 6.42 Å². The number of hydrogen-bond donors (Lipinski definition) is 1. The maximum atomic E-state index is 12.2. The monoisotopic (exact) mass is 276 g/mol. The molecule has 1 aliphatic heterocycles. The lowest BCUT2D eigenvalue weighted by Crippen LogP contribution is -2.41. The molecule has 1 unspecified atom stereocenters. The van der Waals surface area contributed by atoms with Gasteiger partial charge in [0.25, 0.3) is 0 Å². The minimum Gasteiger partial charge on any atom is -0.508 e. The standard InChI is InChI=1S/C16H24N2O2/c1-3-18-9-5-7-14(18)12-17(2)16(20)11-13-6-4-8-15(19)10-13/h4,6,8,10,14,19H,3,5,7,9,11-12H2,1-2H3. The molecule has 4 nitrogen and oxygen atoms in total. The molecule has 1 heterocycles. The largest absolute Gasteiger partial charge is 0.508 e. The summed E-state index contributed by atoms with van der Waals surface area (Å²) in [7, 11) is 1.87. The summed E-state index contributed by atoms with van der Waals surface area (Å²) in [5.41, 5.74) is 0.862. The number of phenols is 1. The number of phenolic OH excluding ortho intramolecular Hbond substituents is 1. The predicted molar refractivity (Wildman–Crippen MR) is 79.7 cm³/mol. The van der Waals surface area contributed by atoms with E-state index < -0.39 is 0 Å². The summed E-state index contributed by atoms with van der Waals surface area (Å²) in [6, 6.07) is 7.42. The van der Waals surface area contributed by atoms with Crippen molar-refractivity contribution in [1.82, 2.24) is 9.80 Å². The van der Waals surface area contributed by atoms with Crippen molar-refractivity contribution in [2.75, 3.05) is 26.7 Å². The molecule has 1 aliphatic rings. The summed E-state index contributed by atoms with van der Waals surface area (Å²) < 4.78 is 0. The first-order chi connectivity index (χ1) is 9.60. The molecule has 1 fully saturated rings. The van der Waals surface area contributed by atoms with Crippen LogP contribution in [0.25, 0.3) is 0 Å². The van der Waals surface area contributed by atoms with Crippen molar-refractivity contribution >= 4 is 5.91 Å². The Morgan fingerprint density at radius 1 is 1.50 bits per heavy atom. The van der Waals surface area contributed by atoms with Crippen molar-refractivity contribution in [3.05, 3.63) is 29.8 Å². The van der Waals surface area contributed by atoms with Gasteiger partial charge in [-0.15, -0.1) is 0 Å².